The molecule has 0 aliphatic rings. The summed E-state index contributed by atoms with van der Waals surface area (Å²) < 4.78 is 24.7. The number of rotatable bonds is 10. The Morgan fingerprint density at radius 1 is 1.06 bits per heavy atom. The van der Waals surface area contributed by atoms with E-state index in [1.807, 2.05) is 6.07 Å². The summed E-state index contributed by atoms with van der Waals surface area (Å²) in [7, 11) is -3.39. The summed E-state index contributed by atoms with van der Waals surface area (Å²) in [5.41, 5.74) is 2.92. The van der Waals surface area contributed by atoms with Crippen molar-refractivity contribution in [3.05, 3.63) is 75.8 Å². The molecule has 1 amide bonds. The number of sulfone groups is 1. The number of hydrogen-bond donors (Lipinski definition) is 1. The smallest absolute Gasteiger partial charge is 0.249 e. The van der Waals surface area contributed by atoms with Crippen molar-refractivity contribution < 1.29 is 13.2 Å². The molecular formula is C23H23N5O5S. The Balaban J connectivity index is 1.80. The number of amides is 1. The minimum Gasteiger partial charge on any atom is -0.324 e. The van der Waals surface area contributed by atoms with Gasteiger partial charge in [0.15, 0.2) is 16.4 Å². The summed E-state index contributed by atoms with van der Waals surface area (Å²) in [6, 6.07) is 13.4. The van der Waals surface area contributed by atoms with Crippen molar-refractivity contribution in [2.75, 3.05) is 11.9 Å². The maximum Gasteiger partial charge on any atom is 0.249 e. The SMILES string of the molecule is CC(C)S(=O)(=O)c1ccc(-c2cnc(N=O)c(CCc3cccc(NC(=O)CN=O)c3)n2)cc1. The minimum absolute atomic E-state index is 0.0238. The zero-order chi connectivity index (χ0) is 24.7. The van der Waals surface area contributed by atoms with Crippen LogP contribution in [-0.2, 0) is 27.5 Å². The molecule has 3 aromatic rings. The number of aryl methyl sites for hydroxylation is 2. The summed E-state index contributed by atoms with van der Waals surface area (Å²) in [5, 5.41) is 7.57. The Bertz CT molecular complexity index is 1310. The van der Waals surface area contributed by atoms with Crippen molar-refractivity contribution in [3.8, 4) is 11.3 Å². The largest absolute Gasteiger partial charge is 0.324 e. The van der Waals surface area contributed by atoms with E-state index in [0.717, 1.165) is 5.56 Å². The van der Waals surface area contributed by atoms with Crippen LogP contribution >= 0.6 is 0 Å². The van der Waals surface area contributed by atoms with Gasteiger partial charge in [0.2, 0.25) is 11.7 Å². The molecule has 0 spiro atoms. The van der Waals surface area contributed by atoms with E-state index in [1.165, 1.54) is 18.3 Å². The first-order valence-electron chi connectivity index (χ1n) is 10.5. The fourth-order valence-corrected chi connectivity index (χ4v) is 4.28. The summed E-state index contributed by atoms with van der Waals surface area (Å²) in [6.45, 7) is 2.78. The predicted octanol–water partition coefficient (Wildman–Crippen LogP) is 4.21. The summed E-state index contributed by atoms with van der Waals surface area (Å²) in [4.78, 5) is 41.9. The lowest BCUT2D eigenvalue weighted by molar-refractivity contribution is -0.114. The second kappa shape index (κ2) is 10.8. The molecule has 1 N–H and O–H groups in total. The van der Waals surface area contributed by atoms with E-state index in [4.69, 9.17) is 0 Å². The number of benzene rings is 2. The van der Waals surface area contributed by atoms with Crippen LogP contribution < -0.4 is 5.32 Å². The van der Waals surface area contributed by atoms with Crippen LogP contribution in [0.25, 0.3) is 11.3 Å². The molecule has 1 aromatic heterocycles. The number of aromatic nitrogens is 2. The molecule has 0 saturated heterocycles. The molecule has 0 fully saturated rings. The van der Waals surface area contributed by atoms with Crippen LogP contribution in [0.3, 0.4) is 0 Å². The van der Waals surface area contributed by atoms with Gasteiger partial charge in [0, 0.05) is 11.3 Å². The molecule has 0 bridgehead atoms. The fourth-order valence-electron chi connectivity index (χ4n) is 3.22. The van der Waals surface area contributed by atoms with Crippen LogP contribution in [0.2, 0.25) is 0 Å². The molecule has 10 nitrogen and oxygen atoms in total. The summed E-state index contributed by atoms with van der Waals surface area (Å²) >= 11 is 0. The molecule has 0 aliphatic heterocycles. The molecule has 3 rings (SSSR count). The standard InChI is InChI=1S/C23H23N5O5S/c1-15(2)34(32,33)19-9-7-17(8-10-19)21-13-24-23(28-31)20(27-21)11-6-16-4-3-5-18(12-16)26-22(29)14-25-30/h3-5,7-10,12-13,15H,6,11,14H2,1-2H3,(H,26,29). The van der Waals surface area contributed by atoms with Crippen molar-refractivity contribution in [1.29, 1.82) is 0 Å². The van der Waals surface area contributed by atoms with Gasteiger partial charge in [-0.2, -0.15) is 4.91 Å². The molecule has 11 heteroatoms. The van der Waals surface area contributed by atoms with Gasteiger partial charge in [0.05, 0.1) is 27.7 Å². The van der Waals surface area contributed by atoms with Gasteiger partial charge in [-0.15, -0.1) is 4.91 Å². The highest BCUT2D eigenvalue weighted by Gasteiger charge is 2.19. The Kier molecular flexibility index (Phi) is 7.90. The lowest BCUT2D eigenvalue weighted by atomic mass is 10.1. The molecule has 1 heterocycles. The predicted molar refractivity (Wildman–Crippen MR) is 128 cm³/mol. The topological polar surface area (TPSA) is 148 Å². The average Bonchev–Trinajstić information content (AvgIpc) is 2.83. The van der Waals surface area contributed by atoms with Crippen LogP contribution in [-0.4, -0.2) is 36.1 Å². The summed E-state index contributed by atoms with van der Waals surface area (Å²) in [5.74, 6) is -0.533. The Morgan fingerprint density at radius 3 is 2.44 bits per heavy atom. The highest BCUT2D eigenvalue weighted by atomic mass is 32.2. The zero-order valence-electron chi connectivity index (χ0n) is 18.6. The van der Waals surface area contributed by atoms with E-state index in [1.54, 1.807) is 44.2 Å². The molecule has 0 radical (unpaired) electrons. The second-order valence-electron chi connectivity index (χ2n) is 7.77. The van der Waals surface area contributed by atoms with Crippen molar-refractivity contribution in [2.24, 2.45) is 10.4 Å². The number of hydrogen-bond acceptors (Lipinski definition) is 9. The molecule has 0 saturated carbocycles. The first-order valence-corrected chi connectivity index (χ1v) is 12.0. The number of carbonyl (C=O) groups is 1. The second-order valence-corrected chi connectivity index (χ2v) is 10.3. The van der Waals surface area contributed by atoms with E-state index in [0.29, 0.717) is 35.5 Å². The summed E-state index contributed by atoms with van der Waals surface area (Å²) in [6.07, 6.45) is 2.26. The number of nitroso groups, excluding NO2 is 2. The van der Waals surface area contributed by atoms with Gasteiger partial charge in [-0.05, 0) is 61.7 Å². The number of anilines is 1. The van der Waals surface area contributed by atoms with E-state index in [2.05, 4.69) is 25.6 Å². The van der Waals surface area contributed by atoms with Gasteiger partial charge in [-0.25, -0.2) is 18.4 Å². The monoisotopic (exact) mass is 481 g/mol. The van der Waals surface area contributed by atoms with Crippen LogP contribution in [0.1, 0.15) is 25.1 Å². The number of nitrogens with one attached hydrogen (secondary N) is 1. The normalized spacial score (nSPS) is 11.3. The first-order chi connectivity index (χ1) is 16.2. The van der Waals surface area contributed by atoms with E-state index < -0.39 is 27.5 Å². The van der Waals surface area contributed by atoms with Gasteiger partial charge in [-0.1, -0.05) is 29.4 Å². The molecule has 0 aliphatic carbocycles. The third-order valence-corrected chi connectivity index (χ3v) is 7.25. The highest BCUT2D eigenvalue weighted by Crippen LogP contribution is 2.25. The highest BCUT2D eigenvalue weighted by molar-refractivity contribution is 7.92. The van der Waals surface area contributed by atoms with Crippen molar-refractivity contribution in [3.63, 3.8) is 0 Å². The molecule has 0 atom stereocenters. The van der Waals surface area contributed by atoms with E-state index >= 15 is 0 Å². The first kappa shape index (κ1) is 24.8. The number of nitrogens with zero attached hydrogens (tertiary/aromatic N) is 4. The van der Waals surface area contributed by atoms with Crippen LogP contribution in [0.15, 0.2) is 70.0 Å². The quantitative estimate of drug-likeness (QED) is 0.426. The van der Waals surface area contributed by atoms with Crippen LogP contribution in [0, 0.1) is 9.81 Å². The van der Waals surface area contributed by atoms with Crippen LogP contribution in [0.5, 0.6) is 0 Å². The maximum atomic E-state index is 12.3. The lowest BCUT2D eigenvalue weighted by Gasteiger charge is -2.10. The minimum atomic E-state index is -3.39. The van der Waals surface area contributed by atoms with Crippen LogP contribution in [0.4, 0.5) is 11.5 Å². The van der Waals surface area contributed by atoms with Gasteiger partial charge >= 0.3 is 0 Å². The average molecular weight is 482 g/mol. The van der Waals surface area contributed by atoms with Gasteiger partial charge in [-0.3, -0.25) is 4.79 Å². The zero-order valence-corrected chi connectivity index (χ0v) is 19.4. The Labute approximate surface area is 196 Å². The maximum absolute atomic E-state index is 12.3. The third-order valence-electron chi connectivity index (χ3n) is 5.08. The molecule has 0 unspecified atom stereocenters. The van der Waals surface area contributed by atoms with Crippen molar-refractivity contribution in [2.45, 2.75) is 36.8 Å². The van der Waals surface area contributed by atoms with Gasteiger partial charge < -0.3 is 5.32 Å². The van der Waals surface area contributed by atoms with Gasteiger partial charge in [0.25, 0.3) is 0 Å². The van der Waals surface area contributed by atoms with Gasteiger partial charge in [0.1, 0.15) is 0 Å². The van der Waals surface area contributed by atoms with Crippen molar-refractivity contribution >= 4 is 27.2 Å². The molecule has 176 valence electrons. The van der Waals surface area contributed by atoms with E-state index in [-0.39, 0.29) is 10.7 Å². The Hall–Kier alpha value is -3.86. The Morgan fingerprint density at radius 2 is 1.79 bits per heavy atom. The third kappa shape index (κ3) is 5.93. The molecular weight excluding hydrogens is 458 g/mol. The van der Waals surface area contributed by atoms with Crippen molar-refractivity contribution in [1.82, 2.24) is 9.97 Å². The fraction of sp³-hybridized carbons (Fsp3) is 0.261. The molecule has 34 heavy (non-hydrogen) atoms. The van der Waals surface area contributed by atoms with E-state index in [9.17, 15) is 23.0 Å². The lowest BCUT2D eigenvalue weighted by Crippen LogP contribution is -2.14. The number of carbonyl (C=O) groups excluding carboxylic acids is 1. The molecule has 2 aromatic carbocycles.